The van der Waals surface area contributed by atoms with Gasteiger partial charge in [0.05, 0.1) is 18.6 Å². The van der Waals surface area contributed by atoms with Crippen LogP contribution < -0.4 is 5.32 Å². The summed E-state index contributed by atoms with van der Waals surface area (Å²) in [7, 11) is 0. The van der Waals surface area contributed by atoms with Crippen LogP contribution in [0.2, 0.25) is 0 Å². The molecule has 1 aliphatic rings. The first-order chi connectivity index (χ1) is 11.2. The highest BCUT2D eigenvalue weighted by Crippen LogP contribution is 2.25. The molecule has 1 aromatic carbocycles. The molecule has 0 spiro atoms. The predicted octanol–water partition coefficient (Wildman–Crippen LogP) is 3.41. The van der Waals surface area contributed by atoms with E-state index in [2.05, 4.69) is 11.4 Å². The van der Waals surface area contributed by atoms with Gasteiger partial charge >= 0.3 is 0 Å². The van der Waals surface area contributed by atoms with E-state index in [0.717, 1.165) is 24.8 Å². The molecule has 0 bridgehead atoms. The summed E-state index contributed by atoms with van der Waals surface area (Å²) in [4.78, 5) is 12.2. The molecule has 0 radical (unpaired) electrons. The molecule has 1 amide bonds. The molecule has 1 aromatic rings. The van der Waals surface area contributed by atoms with E-state index < -0.39 is 11.9 Å². The number of hydrogen-bond acceptors (Lipinski definition) is 3. The number of amides is 1. The van der Waals surface area contributed by atoms with Gasteiger partial charge < -0.3 is 10.1 Å². The number of ether oxygens (including phenoxy) is 1. The zero-order chi connectivity index (χ0) is 16.7. The Morgan fingerprint density at radius 3 is 2.87 bits per heavy atom. The van der Waals surface area contributed by atoms with Crippen LogP contribution in [-0.2, 0) is 9.53 Å². The molecule has 2 atom stereocenters. The maximum atomic E-state index is 13.8. The molecule has 0 heterocycles. The lowest BCUT2D eigenvalue weighted by Crippen LogP contribution is -2.32. The number of nitriles is 1. The molecular formula is C18H21FN2O2. The number of benzene rings is 1. The van der Waals surface area contributed by atoms with Gasteiger partial charge in [-0.15, -0.1) is 0 Å². The lowest BCUT2D eigenvalue weighted by atomic mass is 10.0. The van der Waals surface area contributed by atoms with Gasteiger partial charge in [-0.05, 0) is 37.8 Å². The van der Waals surface area contributed by atoms with Crippen LogP contribution in [-0.4, -0.2) is 18.6 Å². The van der Waals surface area contributed by atoms with Gasteiger partial charge in [-0.25, -0.2) is 4.39 Å². The maximum Gasteiger partial charge on any atom is 0.224 e. The van der Waals surface area contributed by atoms with E-state index in [1.807, 2.05) is 13.0 Å². The second-order valence-corrected chi connectivity index (χ2v) is 5.47. The Balaban J connectivity index is 2.02. The number of halogens is 1. The number of carbonyl (C=O) groups excluding carboxylic acids is 1. The summed E-state index contributed by atoms with van der Waals surface area (Å²) >= 11 is 0. The first kappa shape index (κ1) is 17.2. The molecule has 4 nitrogen and oxygen atoms in total. The normalized spacial score (nSPS) is 16.3. The second-order valence-electron chi connectivity index (χ2n) is 5.47. The Morgan fingerprint density at radius 1 is 1.48 bits per heavy atom. The van der Waals surface area contributed by atoms with Crippen molar-refractivity contribution in [1.82, 2.24) is 5.32 Å². The summed E-state index contributed by atoms with van der Waals surface area (Å²) in [6.45, 7) is 2.40. The van der Waals surface area contributed by atoms with Crippen molar-refractivity contribution in [3.8, 4) is 6.07 Å². The lowest BCUT2D eigenvalue weighted by Gasteiger charge is -2.19. The van der Waals surface area contributed by atoms with E-state index in [-0.39, 0.29) is 24.0 Å². The van der Waals surface area contributed by atoms with Crippen molar-refractivity contribution in [3.63, 3.8) is 0 Å². The minimum atomic E-state index is -0.997. The van der Waals surface area contributed by atoms with Gasteiger partial charge in [-0.2, -0.15) is 5.26 Å². The Bertz CT molecular complexity index is 622. The average molecular weight is 316 g/mol. The zero-order valence-electron chi connectivity index (χ0n) is 13.2. The molecule has 0 saturated carbocycles. The highest BCUT2D eigenvalue weighted by Gasteiger charge is 2.23. The van der Waals surface area contributed by atoms with Crippen LogP contribution in [0, 0.1) is 17.1 Å². The molecular weight excluding hydrogens is 295 g/mol. The van der Waals surface area contributed by atoms with Crippen molar-refractivity contribution >= 4 is 5.91 Å². The topological polar surface area (TPSA) is 62.1 Å². The van der Waals surface area contributed by atoms with Gasteiger partial charge in [0.15, 0.2) is 0 Å². The molecule has 0 aliphatic heterocycles. The fraction of sp³-hybridized carbons (Fsp3) is 0.444. The first-order valence-electron chi connectivity index (χ1n) is 7.89. The molecule has 2 rings (SSSR count). The lowest BCUT2D eigenvalue weighted by molar-refractivity contribution is -0.123. The van der Waals surface area contributed by atoms with Gasteiger partial charge in [0, 0.05) is 12.2 Å². The van der Waals surface area contributed by atoms with Crippen LogP contribution in [0.15, 0.2) is 35.9 Å². The molecule has 0 aromatic heterocycles. The van der Waals surface area contributed by atoms with E-state index in [1.165, 1.54) is 12.1 Å². The van der Waals surface area contributed by atoms with Crippen LogP contribution in [0.4, 0.5) is 4.39 Å². The average Bonchev–Trinajstić information content (AvgIpc) is 3.07. The Labute approximate surface area is 135 Å². The van der Waals surface area contributed by atoms with Crippen LogP contribution >= 0.6 is 0 Å². The van der Waals surface area contributed by atoms with Crippen LogP contribution in [0.25, 0.3) is 0 Å². The zero-order valence-corrected chi connectivity index (χ0v) is 13.2. The van der Waals surface area contributed by atoms with Crippen LogP contribution in [0.3, 0.4) is 0 Å². The minimum Gasteiger partial charge on any atom is -0.374 e. The van der Waals surface area contributed by atoms with Gasteiger partial charge in [0.25, 0.3) is 0 Å². The third-order valence-electron chi connectivity index (χ3n) is 3.88. The number of rotatable bonds is 7. The van der Waals surface area contributed by atoms with Crippen molar-refractivity contribution in [1.29, 1.82) is 5.26 Å². The summed E-state index contributed by atoms with van der Waals surface area (Å²) < 4.78 is 19.4. The molecule has 1 aliphatic carbocycles. The quantitative estimate of drug-likeness (QED) is 0.784. The van der Waals surface area contributed by atoms with Crippen molar-refractivity contribution in [2.75, 3.05) is 6.61 Å². The van der Waals surface area contributed by atoms with Gasteiger partial charge in [-0.1, -0.05) is 24.3 Å². The van der Waals surface area contributed by atoms with Gasteiger partial charge in [-0.3, -0.25) is 4.79 Å². The van der Waals surface area contributed by atoms with Crippen molar-refractivity contribution in [3.05, 3.63) is 47.3 Å². The molecule has 5 heteroatoms. The fourth-order valence-corrected chi connectivity index (χ4v) is 2.76. The summed E-state index contributed by atoms with van der Waals surface area (Å²) in [5.74, 6) is -0.815. The summed E-state index contributed by atoms with van der Waals surface area (Å²) in [6, 6.07) is 6.91. The van der Waals surface area contributed by atoms with Crippen molar-refractivity contribution in [2.45, 2.75) is 44.8 Å². The monoisotopic (exact) mass is 316 g/mol. The van der Waals surface area contributed by atoms with E-state index in [9.17, 15) is 14.4 Å². The largest absolute Gasteiger partial charge is 0.374 e. The van der Waals surface area contributed by atoms with E-state index in [0.29, 0.717) is 6.61 Å². The maximum absolute atomic E-state index is 13.8. The molecule has 1 N–H and O–H groups in total. The number of nitrogens with zero attached hydrogens (tertiary/aromatic N) is 1. The number of nitrogens with one attached hydrogen (secondary N) is 1. The van der Waals surface area contributed by atoms with Crippen molar-refractivity contribution in [2.24, 2.45) is 0 Å². The van der Waals surface area contributed by atoms with Crippen LogP contribution in [0.1, 0.15) is 44.2 Å². The Morgan fingerprint density at radius 2 is 2.26 bits per heavy atom. The predicted molar refractivity (Wildman–Crippen MR) is 84.9 cm³/mol. The number of hydrogen-bond donors (Lipinski definition) is 1. The van der Waals surface area contributed by atoms with E-state index >= 15 is 0 Å². The highest BCUT2D eigenvalue weighted by molar-refractivity contribution is 5.77. The van der Waals surface area contributed by atoms with Crippen molar-refractivity contribution < 1.29 is 13.9 Å². The Kier molecular flexibility index (Phi) is 6.30. The molecule has 23 heavy (non-hydrogen) atoms. The first-order valence-corrected chi connectivity index (χ1v) is 7.89. The molecule has 0 saturated heterocycles. The third-order valence-corrected chi connectivity index (χ3v) is 3.88. The smallest absolute Gasteiger partial charge is 0.224 e. The minimum absolute atomic E-state index is 0.145. The molecule has 122 valence electrons. The summed E-state index contributed by atoms with van der Waals surface area (Å²) in [6.07, 6.45) is 5.03. The number of carbonyl (C=O) groups is 1. The third kappa shape index (κ3) is 4.64. The summed E-state index contributed by atoms with van der Waals surface area (Å²) in [5, 5.41) is 11.8. The van der Waals surface area contributed by atoms with Gasteiger partial charge in [0.1, 0.15) is 11.9 Å². The number of allylic oxidation sites excluding steroid dienone is 1. The molecule has 0 unspecified atom stereocenters. The van der Waals surface area contributed by atoms with E-state index in [4.69, 9.17) is 4.74 Å². The SMILES string of the molecule is CCO[C@@H](CC(=O)N[C@H](C#N)c1ccccc1F)C1=CCCC1. The Hall–Kier alpha value is -2.19. The standard InChI is InChI=1S/C18H21FN2O2/c1-2-23-17(13-7-3-4-8-13)11-18(22)21-16(12-20)14-9-5-6-10-15(14)19/h5-7,9-10,16-17H,2-4,8,11H2,1H3,(H,21,22)/t16-,17+/m1/s1. The van der Waals surface area contributed by atoms with Gasteiger partial charge in [0.2, 0.25) is 5.91 Å². The highest BCUT2D eigenvalue weighted by atomic mass is 19.1. The fourth-order valence-electron chi connectivity index (χ4n) is 2.76. The summed E-state index contributed by atoms with van der Waals surface area (Å²) in [5.41, 5.74) is 1.32. The van der Waals surface area contributed by atoms with Crippen LogP contribution in [0.5, 0.6) is 0 Å². The van der Waals surface area contributed by atoms with E-state index in [1.54, 1.807) is 12.1 Å². The molecule has 0 fully saturated rings. The second kappa shape index (κ2) is 8.44.